The highest BCUT2D eigenvalue weighted by Gasteiger charge is 2.11. The van der Waals surface area contributed by atoms with Crippen molar-refractivity contribution in [3.05, 3.63) is 47.8 Å². The van der Waals surface area contributed by atoms with Crippen LogP contribution in [0.2, 0.25) is 0 Å². The first kappa shape index (κ1) is 19.1. The van der Waals surface area contributed by atoms with Crippen molar-refractivity contribution in [2.24, 2.45) is 0 Å². The quantitative estimate of drug-likeness (QED) is 0.608. The highest BCUT2D eigenvalue weighted by molar-refractivity contribution is 7.80. The van der Waals surface area contributed by atoms with Crippen LogP contribution in [0.5, 0.6) is 0 Å². The fourth-order valence-corrected chi connectivity index (χ4v) is 3.17. The number of hydrogen-bond donors (Lipinski definition) is 2. The first-order valence-electron chi connectivity index (χ1n) is 9.14. The summed E-state index contributed by atoms with van der Waals surface area (Å²) in [6.07, 6.45) is 7.57. The molecule has 0 radical (unpaired) electrons. The topological polar surface area (TPSA) is 77.5 Å². The summed E-state index contributed by atoms with van der Waals surface area (Å²) in [5.41, 5.74) is 4.13. The minimum atomic E-state index is 0.0235. The van der Waals surface area contributed by atoms with Gasteiger partial charge >= 0.3 is 0 Å². The van der Waals surface area contributed by atoms with Gasteiger partial charge < -0.3 is 10.6 Å². The number of aromatic nitrogens is 6. The first-order valence-corrected chi connectivity index (χ1v) is 9.55. The van der Waals surface area contributed by atoms with E-state index in [0.717, 1.165) is 30.0 Å². The van der Waals surface area contributed by atoms with Gasteiger partial charge in [0.2, 0.25) is 0 Å². The third-order valence-electron chi connectivity index (χ3n) is 4.50. The highest BCUT2D eigenvalue weighted by Crippen LogP contribution is 2.13. The summed E-state index contributed by atoms with van der Waals surface area (Å²) in [6.45, 7) is 10.7. The molecule has 1 atom stereocenters. The normalized spacial score (nSPS) is 12.1. The molecule has 3 aromatic rings. The van der Waals surface area contributed by atoms with Crippen LogP contribution in [0.4, 0.5) is 5.69 Å². The summed E-state index contributed by atoms with van der Waals surface area (Å²) in [4.78, 5) is 0. The molecule has 0 aliphatic carbocycles. The number of rotatable bonds is 7. The predicted molar refractivity (Wildman–Crippen MR) is 110 cm³/mol. The Kier molecular flexibility index (Phi) is 5.90. The van der Waals surface area contributed by atoms with Crippen LogP contribution in [-0.2, 0) is 19.6 Å². The maximum absolute atomic E-state index is 5.42. The van der Waals surface area contributed by atoms with Gasteiger partial charge in [0.05, 0.1) is 36.4 Å². The molecule has 3 rings (SSSR count). The van der Waals surface area contributed by atoms with E-state index in [2.05, 4.69) is 46.7 Å². The van der Waals surface area contributed by atoms with Gasteiger partial charge in [-0.15, -0.1) is 0 Å². The van der Waals surface area contributed by atoms with Crippen LogP contribution in [0.1, 0.15) is 43.8 Å². The van der Waals surface area contributed by atoms with Crippen molar-refractivity contribution in [3.8, 4) is 0 Å². The molecule has 0 saturated carbocycles. The molecule has 3 aromatic heterocycles. The predicted octanol–water partition coefficient (Wildman–Crippen LogP) is 2.72. The van der Waals surface area contributed by atoms with E-state index < -0.39 is 0 Å². The van der Waals surface area contributed by atoms with Gasteiger partial charge in [-0.25, -0.2) is 0 Å². The molecule has 0 amide bonds. The molecule has 0 spiro atoms. The van der Waals surface area contributed by atoms with Crippen molar-refractivity contribution in [3.63, 3.8) is 0 Å². The molecule has 3 heterocycles. The second kappa shape index (κ2) is 8.34. The van der Waals surface area contributed by atoms with Gasteiger partial charge in [-0.1, -0.05) is 0 Å². The number of nitrogens with zero attached hydrogens (tertiary/aromatic N) is 6. The van der Waals surface area contributed by atoms with Crippen LogP contribution < -0.4 is 10.6 Å². The van der Waals surface area contributed by atoms with Gasteiger partial charge in [0.15, 0.2) is 5.11 Å². The average Bonchev–Trinajstić information content (AvgIpc) is 3.36. The summed E-state index contributed by atoms with van der Waals surface area (Å²) in [6, 6.07) is 2.02. The Morgan fingerprint density at radius 3 is 2.67 bits per heavy atom. The lowest BCUT2D eigenvalue weighted by Crippen LogP contribution is -2.31. The molecule has 0 aromatic carbocycles. The van der Waals surface area contributed by atoms with Crippen LogP contribution in [0.25, 0.3) is 0 Å². The summed E-state index contributed by atoms with van der Waals surface area (Å²) in [5.74, 6) is 0. The third-order valence-corrected chi connectivity index (χ3v) is 4.72. The van der Waals surface area contributed by atoms with E-state index in [-0.39, 0.29) is 6.04 Å². The smallest absolute Gasteiger partial charge is 0.171 e. The van der Waals surface area contributed by atoms with E-state index in [1.54, 1.807) is 6.20 Å². The van der Waals surface area contributed by atoms with E-state index in [4.69, 9.17) is 12.2 Å². The average molecular weight is 387 g/mol. The van der Waals surface area contributed by atoms with Crippen molar-refractivity contribution in [1.29, 1.82) is 0 Å². The number of hydrogen-bond acceptors (Lipinski definition) is 4. The van der Waals surface area contributed by atoms with E-state index >= 15 is 0 Å². The second-order valence-corrected chi connectivity index (χ2v) is 6.82. The molecule has 27 heavy (non-hydrogen) atoms. The Balaban J connectivity index is 1.56. The minimum Gasteiger partial charge on any atom is -0.354 e. The molecule has 2 N–H and O–H groups in total. The molecular formula is C18H26N8S. The molecule has 144 valence electrons. The van der Waals surface area contributed by atoms with E-state index in [0.29, 0.717) is 11.7 Å². The molecule has 0 aliphatic rings. The molecule has 1 unspecified atom stereocenters. The van der Waals surface area contributed by atoms with Crippen molar-refractivity contribution < 1.29 is 0 Å². The maximum atomic E-state index is 5.42. The lowest BCUT2D eigenvalue weighted by molar-refractivity contribution is 0.613. The summed E-state index contributed by atoms with van der Waals surface area (Å²) < 4.78 is 5.76. The van der Waals surface area contributed by atoms with Gasteiger partial charge in [0, 0.05) is 36.7 Å². The third kappa shape index (κ3) is 4.54. The van der Waals surface area contributed by atoms with Crippen molar-refractivity contribution in [2.45, 2.75) is 53.4 Å². The SMILES string of the molecule is CCn1ccc(C(C)NC(=S)Nc2cnn(Cc3cnn(CC)c3C)c2)n1. The van der Waals surface area contributed by atoms with Gasteiger partial charge in [0.25, 0.3) is 0 Å². The first-order chi connectivity index (χ1) is 13.0. The van der Waals surface area contributed by atoms with Gasteiger partial charge in [-0.05, 0) is 46.0 Å². The number of thiocarbonyl (C=S) groups is 1. The lowest BCUT2D eigenvalue weighted by Gasteiger charge is -2.14. The van der Waals surface area contributed by atoms with Crippen LogP contribution in [-0.4, -0.2) is 34.5 Å². The zero-order valence-corrected chi connectivity index (χ0v) is 17.0. The molecule has 0 bridgehead atoms. The Labute approximate surface area is 164 Å². The standard InChI is InChI=1S/C18H26N8S/c1-5-24-8-7-17(23-24)13(3)21-18(27)22-16-10-19-25(12-16)11-15-9-20-26(6-2)14(15)4/h7-10,12-13H,5-6,11H2,1-4H3,(H2,21,22,27). The van der Waals surface area contributed by atoms with Crippen LogP contribution in [0.3, 0.4) is 0 Å². The number of aryl methyl sites for hydroxylation is 2. The van der Waals surface area contributed by atoms with Crippen molar-refractivity contribution >= 4 is 23.0 Å². The summed E-state index contributed by atoms with van der Waals surface area (Å²) in [5, 5.41) is 20.3. The number of anilines is 1. The largest absolute Gasteiger partial charge is 0.354 e. The van der Waals surface area contributed by atoms with Crippen LogP contribution in [0, 0.1) is 6.92 Å². The number of nitrogens with one attached hydrogen (secondary N) is 2. The molecule has 8 nitrogen and oxygen atoms in total. The monoisotopic (exact) mass is 386 g/mol. The van der Waals surface area contributed by atoms with Gasteiger partial charge in [0.1, 0.15) is 0 Å². The maximum Gasteiger partial charge on any atom is 0.171 e. The molecule has 0 fully saturated rings. The van der Waals surface area contributed by atoms with E-state index in [9.17, 15) is 0 Å². The Hall–Kier alpha value is -2.68. The fourth-order valence-electron chi connectivity index (χ4n) is 2.87. The fraction of sp³-hybridized carbons (Fsp3) is 0.444. The Bertz CT molecular complexity index is 906. The summed E-state index contributed by atoms with van der Waals surface area (Å²) in [7, 11) is 0. The Morgan fingerprint density at radius 2 is 2.00 bits per heavy atom. The highest BCUT2D eigenvalue weighted by atomic mass is 32.1. The molecule has 0 aliphatic heterocycles. The molecular weight excluding hydrogens is 360 g/mol. The van der Waals surface area contributed by atoms with Gasteiger partial charge in [-0.2, -0.15) is 15.3 Å². The zero-order valence-electron chi connectivity index (χ0n) is 16.2. The second-order valence-electron chi connectivity index (χ2n) is 6.41. The molecule has 9 heteroatoms. The molecule has 0 saturated heterocycles. The zero-order chi connectivity index (χ0) is 19.4. The van der Waals surface area contributed by atoms with E-state index in [1.165, 1.54) is 5.69 Å². The van der Waals surface area contributed by atoms with Crippen LogP contribution in [0.15, 0.2) is 30.9 Å². The lowest BCUT2D eigenvalue weighted by atomic mass is 10.2. The van der Waals surface area contributed by atoms with Gasteiger partial charge in [-0.3, -0.25) is 14.0 Å². The van der Waals surface area contributed by atoms with Crippen molar-refractivity contribution in [2.75, 3.05) is 5.32 Å². The van der Waals surface area contributed by atoms with Crippen LogP contribution >= 0.6 is 12.2 Å². The summed E-state index contributed by atoms with van der Waals surface area (Å²) >= 11 is 5.42. The van der Waals surface area contributed by atoms with E-state index in [1.807, 2.05) is 45.6 Å². The van der Waals surface area contributed by atoms with Crippen molar-refractivity contribution in [1.82, 2.24) is 34.7 Å². The minimum absolute atomic E-state index is 0.0235. The Morgan fingerprint density at radius 1 is 1.19 bits per heavy atom.